The van der Waals surface area contributed by atoms with Crippen LogP contribution in [0, 0.1) is 5.92 Å². The number of benzene rings is 5. The first-order valence-electron chi connectivity index (χ1n) is 20.9. The Morgan fingerprint density at radius 1 is 0.820 bits per heavy atom. The number of phenols is 3. The number of aromatic nitrogens is 1. The predicted octanol–water partition coefficient (Wildman–Crippen LogP) is 6.85. The molecule has 6 aromatic rings. The van der Waals surface area contributed by atoms with Crippen molar-refractivity contribution in [1.29, 1.82) is 0 Å². The van der Waals surface area contributed by atoms with Crippen LogP contribution in [0.2, 0.25) is 0 Å². The van der Waals surface area contributed by atoms with Crippen LogP contribution in [0.25, 0.3) is 10.8 Å². The number of fused-ring (bicyclic) bond motifs is 1. The number of hydrogen-bond acceptors (Lipinski definition) is 10. The fraction of sp³-hybridized carbons (Fsp3) is 0.340. The molecule has 5 aromatic carbocycles. The number of Topliss-reactive ketones (excluding diaryl/α,β-unsaturated/α-hetero) is 1. The maximum absolute atomic E-state index is 14.7. The van der Waals surface area contributed by atoms with Crippen molar-refractivity contribution in [3.05, 3.63) is 148 Å². The fourth-order valence-corrected chi connectivity index (χ4v) is 8.31. The second kappa shape index (κ2) is 21.1. The second-order valence-electron chi connectivity index (χ2n) is 15.9. The Labute approximate surface area is 358 Å². The molecule has 61 heavy (non-hydrogen) atoms. The lowest BCUT2D eigenvalue weighted by Crippen LogP contribution is -2.30. The van der Waals surface area contributed by atoms with Gasteiger partial charge in [-0.3, -0.25) is 10.1 Å². The fourth-order valence-electron chi connectivity index (χ4n) is 8.31. The Hall–Kier alpha value is -5.85. The van der Waals surface area contributed by atoms with E-state index in [-0.39, 0.29) is 48.4 Å². The van der Waals surface area contributed by atoms with E-state index in [1.165, 1.54) is 11.6 Å². The minimum atomic E-state index is -1.09. The molecule has 0 saturated carbocycles. The molecule has 0 aliphatic carbocycles. The number of methoxy groups -OCH3 is 1. The topological polar surface area (TPSA) is 175 Å². The van der Waals surface area contributed by atoms with Gasteiger partial charge in [-0.2, -0.15) is 12.4 Å². The van der Waals surface area contributed by atoms with Crippen molar-refractivity contribution in [2.24, 2.45) is 5.92 Å². The first kappa shape index (κ1) is 44.7. The zero-order valence-corrected chi connectivity index (χ0v) is 35.4. The van der Waals surface area contributed by atoms with Crippen LogP contribution in [-0.4, -0.2) is 71.0 Å². The van der Waals surface area contributed by atoms with E-state index in [1.807, 2.05) is 30.3 Å². The third-order valence-corrected chi connectivity index (χ3v) is 11.4. The molecule has 1 aromatic heterocycles. The summed E-state index contributed by atoms with van der Waals surface area (Å²) >= 11 is 0. The number of aryl methyl sites for hydroxylation is 1. The molecule has 0 saturated heterocycles. The number of nitrogens with zero attached hydrogens (tertiary/aromatic N) is 1. The molecule has 0 unspecified atom stereocenters. The number of ketones is 1. The molecule has 0 radical (unpaired) electrons. The number of carbonyl (C=O) groups excluding carboxylic acids is 1. The van der Waals surface area contributed by atoms with Gasteiger partial charge in [-0.25, -0.2) is 0 Å². The molecule has 7 N–H and O–H groups in total. The normalized spacial score (nSPS) is 13.5. The van der Waals surface area contributed by atoms with Crippen LogP contribution < -0.4 is 25.1 Å². The predicted molar refractivity (Wildman–Crippen MR) is 238 cm³/mol. The quantitative estimate of drug-likeness (QED) is 0.0282. The monoisotopic (exact) mass is 828 g/mol. The first-order chi connectivity index (χ1) is 29.5. The highest BCUT2D eigenvalue weighted by Crippen LogP contribution is 2.39. The number of hydrogen-bond donors (Lipinski definition) is 7. The van der Waals surface area contributed by atoms with Crippen molar-refractivity contribution in [3.63, 3.8) is 0 Å². The molecule has 0 amide bonds. The summed E-state index contributed by atoms with van der Waals surface area (Å²) in [6.07, 6.45) is 3.97. The van der Waals surface area contributed by atoms with E-state index < -0.39 is 24.0 Å². The van der Waals surface area contributed by atoms with Crippen molar-refractivity contribution in [3.8, 4) is 28.7 Å². The molecule has 11 heteroatoms. The second-order valence-corrected chi connectivity index (χ2v) is 15.9. The van der Waals surface area contributed by atoms with Crippen LogP contribution in [0.5, 0.6) is 28.7 Å². The van der Waals surface area contributed by atoms with Gasteiger partial charge in [0.15, 0.2) is 23.0 Å². The number of rotatable bonds is 22. The molecule has 6 rings (SSSR count). The Kier molecular flexibility index (Phi) is 15.5. The van der Waals surface area contributed by atoms with Gasteiger partial charge in [0.05, 0.1) is 19.3 Å². The summed E-state index contributed by atoms with van der Waals surface area (Å²) in [6.45, 7) is 4.60. The Bertz CT molecular complexity index is 2380. The standard InChI is InChI=1S/C50H58N3O8/c1-5-35-11-12-36-8-6-7-9-41(36)42(35)25-44-37(13-15-46(57)50(44)60-4)23-39(18-33-16-17-52-29-33)47(58)26-48(59)43(38-19-34(28-51-3)20-40(55)24-38)21-32-10-14-45(56)49(22-32)61-30-53-27-31(2)54/h6-17,19-20,22,24,29,31,39,43,47,51,53-58H,5,18,21,23,25-28,30H2,1-4H3/q-1/t31-,39-,43+,47+/m0/s1. The van der Waals surface area contributed by atoms with Crippen molar-refractivity contribution < 1.29 is 39.8 Å². The maximum Gasteiger partial charge on any atom is 0.164 e. The third kappa shape index (κ3) is 11.5. The molecule has 0 aliphatic heterocycles. The number of ether oxygens (including phenoxy) is 2. The molecule has 0 spiro atoms. The minimum absolute atomic E-state index is 0.0211. The zero-order chi connectivity index (χ0) is 43.5. The zero-order valence-electron chi connectivity index (χ0n) is 35.4. The Morgan fingerprint density at radius 2 is 1.61 bits per heavy atom. The average molecular weight is 829 g/mol. The van der Waals surface area contributed by atoms with Crippen molar-refractivity contribution >= 4 is 16.6 Å². The van der Waals surface area contributed by atoms with Gasteiger partial charge in [0.25, 0.3) is 0 Å². The number of carbonyl (C=O) groups is 1. The molecule has 322 valence electrons. The number of aromatic hydroxyl groups is 3. The number of aliphatic hydroxyl groups excluding tert-OH is 2. The largest absolute Gasteiger partial charge is 0.670 e. The van der Waals surface area contributed by atoms with Gasteiger partial charge in [0, 0.05) is 37.4 Å². The summed E-state index contributed by atoms with van der Waals surface area (Å²) in [7, 11) is 3.35. The van der Waals surface area contributed by atoms with Gasteiger partial charge >= 0.3 is 0 Å². The van der Waals surface area contributed by atoms with Gasteiger partial charge in [-0.15, -0.1) is 0 Å². The molecule has 0 bridgehead atoms. The van der Waals surface area contributed by atoms with E-state index in [2.05, 4.69) is 46.8 Å². The molecule has 1 heterocycles. The van der Waals surface area contributed by atoms with E-state index >= 15 is 0 Å². The van der Waals surface area contributed by atoms with Crippen LogP contribution in [0.15, 0.2) is 103 Å². The molecule has 4 atom stereocenters. The lowest BCUT2D eigenvalue weighted by molar-refractivity contribution is -0.123. The van der Waals surface area contributed by atoms with E-state index in [4.69, 9.17) is 9.47 Å². The highest BCUT2D eigenvalue weighted by molar-refractivity contribution is 5.88. The highest BCUT2D eigenvalue weighted by atomic mass is 16.5. The van der Waals surface area contributed by atoms with Gasteiger partial charge < -0.3 is 45.3 Å². The molecule has 11 nitrogen and oxygen atoms in total. The van der Waals surface area contributed by atoms with Crippen molar-refractivity contribution in [2.75, 3.05) is 27.4 Å². The smallest absolute Gasteiger partial charge is 0.164 e. The Balaban J connectivity index is 1.34. The lowest BCUT2D eigenvalue weighted by atomic mass is 9.80. The van der Waals surface area contributed by atoms with Gasteiger partial charge in [0.1, 0.15) is 18.3 Å². The van der Waals surface area contributed by atoms with E-state index in [0.29, 0.717) is 49.2 Å². The van der Waals surface area contributed by atoms with Gasteiger partial charge in [0.2, 0.25) is 0 Å². The molecule has 0 fully saturated rings. The van der Waals surface area contributed by atoms with E-state index in [0.717, 1.165) is 45.0 Å². The van der Waals surface area contributed by atoms with Crippen LogP contribution in [0.3, 0.4) is 0 Å². The Morgan fingerprint density at radius 3 is 2.34 bits per heavy atom. The first-order valence-corrected chi connectivity index (χ1v) is 20.9. The van der Waals surface area contributed by atoms with Crippen molar-refractivity contribution in [2.45, 2.75) is 77.0 Å². The minimum Gasteiger partial charge on any atom is -0.670 e. The number of aliphatic hydroxyl groups is 2. The SMILES string of the molecule is CCc1ccc2ccccc2c1Cc1c(C[C@H](Cc2cc[n-]c2)[C@H](O)CC(=O)[C@H](Cc2ccc(O)c(OCNC[C@H](C)O)c2)c2cc(O)cc(CNC)c2)ccc(O)c1OC. The van der Waals surface area contributed by atoms with E-state index in [9.17, 15) is 30.3 Å². The van der Waals surface area contributed by atoms with E-state index in [1.54, 1.807) is 63.8 Å². The number of phenolic OH excluding ortho intramolecular Hbond substituents is 3. The molecular weight excluding hydrogens is 771 g/mol. The summed E-state index contributed by atoms with van der Waals surface area (Å²) in [6, 6.07) is 28.0. The van der Waals surface area contributed by atoms with Crippen LogP contribution in [0.1, 0.15) is 70.7 Å². The summed E-state index contributed by atoms with van der Waals surface area (Å²) in [5, 5.41) is 62.7. The number of nitrogens with one attached hydrogen (secondary N) is 2. The van der Waals surface area contributed by atoms with Crippen LogP contribution >= 0.6 is 0 Å². The van der Waals surface area contributed by atoms with Crippen molar-refractivity contribution in [1.82, 2.24) is 15.6 Å². The molecular formula is C50H58N3O8-. The maximum atomic E-state index is 14.7. The summed E-state index contributed by atoms with van der Waals surface area (Å²) in [5.41, 5.74) is 7.06. The highest BCUT2D eigenvalue weighted by Gasteiger charge is 2.30. The lowest BCUT2D eigenvalue weighted by Gasteiger charge is -2.27. The summed E-state index contributed by atoms with van der Waals surface area (Å²) in [4.78, 5) is 19.0. The third-order valence-electron chi connectivity index (χ3n) is 11.4. The molecule has 0 aliphatic rings. The van der Waals surface area contributed by atoms with Gasteiger partial charge in [-0.1, -0.05) is 73.2 Å². The summed E-state index contributed by atoms with van der Waals surface area (Å²) < 4.78 is 11.7. The van der Waals surface area contributed by atoms with Crippen LogP contribution in [0.4, 0.5) is 0 Å². The van der Waals surface area contributed by atoms with Crippen LogP contribution in [-0.2, 0) is 43.4 Å². The average Bonchev–Trinajstić information content (AvgIpc) is 3.76. The van der Waals surface area contributed by atoms with Gasteiger partial charge in [-0.05, 0) is 120 Å². The summed E-state index contributed by atoms with van der Waals surface area (Å²) in [5.74, 6) is -0.864.